The number of nitrogens with zero attached hydrogens (tertiary/aromatic N) is 1. The van der Waals surface area contributed by atoms with Crippen molar-refractivity contribution in [3.63, 3.8) is 0 Å². The summed E-state index contributed by atoms with van der Waals surface area (Å²) in [5.74, 6) is 0.277. The molecule has 3 N–H and O–H groups in total. The van der Waals surface area contributed by atoms with Crippen molar-refractivity contribution in [2.45, 2.75) is 0 Å². The number of amidine groups is 1. The van der Waals surface area contributed by atoms with Gasteiger partial charge in [-0.1, -0.05) is 23.7 Å². The van der Waals surface area contributed by atoms with Gasteiger partial charge in [0.2, 0.25) is 0 Å². The normalized spacial score (nSPS) is 10.1. The second-order valence-electron chi connectivity index (χ2n) is 3.88. The van der Waals surface area contributed by atoms with Crippen molar-refractivity contribution in [1.82, 2.24) is 0 Å². The van der Waals surface area contributed by atoms with Crippen LogP contribution < -0.4 is 10.5 Å². The predicted molar refractivity (Wildman–Crippen MR) is 75.6 cm³/mol. The van der Waals surface area contributed by atoms with E-state index in [1.807, 2.05) is 0 Å². The molecule has 2 aromatic carbocycles. The van der Waals surface area contributed by atoms with Crippen LogP contribution in [-0.4, -0.2) is 10.8 Å². The Labute approximate surface area is 119 Å². The van der Waals surface area contributed by atoms with E-state index in [-0.39, 0.29) is 22.3 Å². The highest BCUT2D eigenvalue weighted by atomic mass is 35.5. The molecule has 0 unspecified atom stereocenters. The zero-order valence-corrected chi connectivity index (χ0v) is 10.9. The fourth-order valence-electron chi connectivity index (χ4n) is 1.58. The van der Waals surface area contributed by atoms with Crippen molar-refractivity contribution in [1.29, 1.82) is 5.41 Å². The first-order chi connectivity index (χ1) is 9.49. The van der Waals surface area contributed by atoms with Gasteiger partial charge in [-0.15, -0.1) is 0 Å². The Morgan fingerprint density at radius 2 is 1.95 bits per heavy atom. The van der Waals surface area contributed by atoms with Crippen LogP contribution in [0.25, 0.3) is 0 Å². The van der Waals surface area contributed by atoms with Crippen molar-refractivity contribution >= 4 is 23.1 Å². The Morgan fingerprint density at radius 1 is 1.25 bits per heavy atom. The summed E-state index contributed by atoms with van der Waals surface area (Å²) in [6.45, 7) is 0. The first kappa shape index (κ1) is 13.8. The third-order valence-corrected chi connectivity index (χ3v) is 2.84. The van der Waals surface area contributed by atoms with Crippen molar-refractivity contribution in [2.75, 3.05) is 0 Å². The summed E-state index contributed by atoms with van der Waals surface area (Å²) in [4.78, 5) is 10.2. The molecule has 6 nitrogen and oxygen atoms in total. The van der Waals surface area contributed by atoms with Crippen LogP contribution >= 0.6 is 11.6 Å². The van der Waals surface area contributed by atoms with Gasteiger partial charge in [0.1, 0.15) is 11.6 Å². The van der Waals surface area contributed by atoms with Crippen molar-refractivity contribution < 1.29 is 9.66 Å². The van der Waals surface area contributed by atoms with E-state index in [4.69, 9.17) is 27.5 Å². The lowest BCUT2D eigenvalue weighted by Gasteiger charge is -2.11. The summed E-state index contributed by atoms with van der Waals surface area (Å²) < 4.78 is 5.54. The average Bonchev–Trinajstić information content (AvgIpc) is 2.41. The van der Waals surface area contributed by atoms with Gasteiger partial charge in [-0.2, -0.15) is 0 Å². The van der Waals surface area contributed by atoms with Gasteiger partial charge < -0.3 is 10.5 Å². The number of rotatable bonds is 4. The smallest absolute Gasteiger partial charge is 0.273 e. The average molecular weight is 292 g/mol. The van der Waals surface area contributed by atoms with E-state index in [1.54, 1.807) is 24.3 Å². The molecule has 0 atom stereocenters. The molecule has 0 amide bonds. The SMILES string of the molecule is N=C(N)c1ccccc1Oc1cc([N+](=O)[O-])ccc1Cl. The van der Waals surface area contributed by atoms with Crippen LogP contribution in [-0.2, 0) is 0 Å². The molecule has 0 saturated carbocycles. The number of nitrogen functional groups attached to an aromatic ring is 1. The number of hydrogen-bond donors (Lipinski definition) is 2. The summed E-state index contributed by atoms with van der Waals surface area (Å²) in [6, 6.07) is 10.5. The van der Waals surface area contributed by atoms with Gasteiger partial charge in [0, 0.05) is 6.07 Å². The fraction of sp³-hybridized carbons (Fsp3) is 0. The number of halogens is 1. The highest BCUT2D eigenvalue weighted by Gasteiger charge is 2.13. The summed E-state index contributed by atoms with van der Waals surface area (Å²) in [5, 5.41) is 18.4. The fourth-order valence-corrected chi connectivity index (χ4v) is 1.74. The van der Waals surface area contributed by atoms with E-state index in [2.05, 4.69) is 0 Å². The second kappa shape index (κ2) is 5.58. The molecule has 20 heavy (non-hydrogen) atoms. The lowest BCUT2D eigenvalue weighted by molar-refractivity contribution is -0.384. The molecule has 2 rings (SSSR count). The number of hydrogen-bond acceptors (Lipinski definition) is 4. The monoisotopic (exact) mass is 291 g/mol. The maximum Gasteiger partial charge on any atom is 0.273 e. The molecule has 0 saturated heterocycles. The Balaban J connectivity index is 2.42. The maximum absolute atomic E-state index is 10.7. The van der Waals surface area contributed by atoms with Crippen LogP contribution in [0.2, 0.25) is 5.02 Å². The Bertz CT molecular complexity index is 688. The molecule has 102 valence electrons. The van der Waals surface area contributed by atoms with Crippen LogP contribution in [0.15, 0.2) is 42.5 Å². The number of benzene rings is 2. The molecule has 2 aromatic rings. The van der Waals surface area contributed by atoms with Crippen LogP contribution in [0.5, 0.6) is 11.5 Å². The van der Waals surface area contributed by atoms with Gasteiger partial charge in [-0.3, -0.25) is 15.5 Å². The Morgan fingerprint density at radius 3 is 2.60 bits per heavy atom. The standard InChI is InChI=1S/C13H10ClN3O3/c14-10-6-5-8(17(18)19)7-12(10)20-11-4-2-1-3-9(11)13(15)16/h1-7H,(H3,15,16). The summed E-state index contributed by atoms with van der Waals surface area (Å²) in [7, 11) is 0. The molecule has 0 bridgehead atoms. The van der Waals surface area contributed by atoms with E-state index in [9.17, 15) is 10.1 Å². The van der Waals surface area contributed by atoms with Gasteiger partial charge in [-0.25, -0.2) is 0 Å². The van der Waals surface area contributed by atoms with Gasteiger partial charge in [0.25, 0.3) is 5.69 Å². The molecule has 0 aliphatic carbocycles. The van der Waals surface area contributed by atoms with Gasteiger partial charge in [0.15, 0.2) is 5.75 Å². The van der Waals surface area contributed by atoms with E-state index in [0.29, 0.717) is 11.3 Å². The van der Waals surface area contributed by atoms with Crippen LogP contribution in [0.4, 0.5) is 5.69 Å². The number of non-ortho nitro benzene ring substituents is 1. The second-order valence-corrected chi connectivity index (χ2v) is 4.29. The molecular weight excluding hydrogens is 282 g/mol. The number of nitrogens with one attached hydrogen (secondary N) is 1. The van der Waals surface area contributed by atoms with E-state index >= 15 is 0 Å². The minimum Gasteiger partial charge on any atom is -0.455 e. The number of para-hydroxylation sites is 1. The molecule has 0 spiro atoms. The number of nitrogens with two attached hydrogens (primary N) is 1. The predicted octanol–water partition coefficient (Wildman–Crippen LogP) is 3.32. The number of nitro groups is 1. The van der Waals surface area contributed by atoms with Gasteiger partial charge >= 0.3 is 0 Å². The maximum atomic E-state index is 10.7. The van der Waals surface area contributed by atoms with Crippen LogP contribution in [0, 0.1) is 15.5 Å². The lowest BCUT2D eigenvalue weighted by Crippen LogP contribution is -2.12. The Hall–Kier alpha value is -2.60. The minimum absolute atomic E-state index is 0.134. The molecule has 0 radical (unpaired) electrons. The van der Waals surface area contributed by atoms with Crippen molar-refractivity contribution in [3.05, 3.63) is 63.2 Å². The third-order valence-electron chi connectivity index (χ3n) is 2.52. The molecular formula is C13H10ClN3O3. The van der Waals surface area contributed by atoms with Crippen LogP contribution in [0.3, 0.4) is 0 Å². The highest BCUT2D eigenvalue weighted by Crippen LogP contribution is 2.33. The summed E-state index contributed by atoms with van der Waals surface area (Å²) >= 11 is 5.95. The lowest BCUT2D eigenvalue weighted by atomic mass is 10.2. The summed E-state index contributed by atoms with van der Waals surface area (Å²) in [5.41, 5.74) is 5.70. The number of ether oxygens (including phenoxy) is 1. The molecule has 7 heteroatoms. The highest BCUT2D eigenvalue weighted by molar-refractivity contribution is 6.32. The van der Waals surface area contributed by atoms with Gasteiger partial charge in [-0.05, 0) is 18.2 Å². The molecule has 0 heterocycles. The first-order valence-corrected chi connectivity index (χ1v) is 5.92. The minimum atomic E-state index is -0.542. The molecule has 0 aliphatic heterocycles. The molecule has 0 fully saturated rings. The number of nitro benzene ring substituents is 1. The zero-order valence-electron chi connectivity index (χ0n) is 10.2. The third kappa shape index (κ3) is 2.86. The quantitative estimate of drug-likeness (QED) is 0.390. The van der Waals surface area contributed by atoms with E-state index < -0.39 is 4.92 Å². The van der Waals surface area contributed by atoms with Crippen molar-refractivity contribution in [3.8, 4) is 11.5 Å². The van der Waals surface area contributed by atoms with Gasteiger partial charge in [0.05, 0.1) is 21.6 Å². The van der Waals surface area contributed by atoms with Crippen LogP contribution in [0.1, 0.15) is 5.56 Å². The largest absolute Gasteiger partial charge is 0.455 e. The van der Waals surface area contributed by atoms with E-state index in [0.717, 1.165) is 0 Å². The zero-order chi connectivity index (χ0) is 14.7. The first-order valence-electron chi connectivity index (χ1n) is 5.54. The topological polar surface area (TPSA) is 102 Å². The molecule has 0 aliphatic rings. The summed E-state index contributed by atoms with van der Waals surface area (Å²) in [6.07, 6.45) is 0. The van der Waals surface area contributed by atoms with Crippen molar-refractivity contribution in [2.24, 2.45) is 5.73 Å². The molecule has 0 aromatic heterocycles. The Kier molecular flexibility index (Phi) is 3.86. The van der Waals surface area contributed by atoms with E-state index in [1.165, 1.54) is 18.2 Å².